The Hall–Kier alpha value is 0.0600. The van der Waals surface area contributed by atoms with Gasteiger partial charge in [-0.25, -0.2) is 0 Å². The van der Waals surface area contributed by atoms with Crippen molar-refractivity contribution >= 4 is 24.8 Å². The van der Waals surface area contributed by atoms with Crippen LogP contribution in [-0.2, 0) is 0 Å². The summed E-state index contributed by atoms with van der Waals surface area (Å²) in [5, 5.41) is 114. The fraction of sp³-hybridized carbons (Fsp3) is 1.00. The van der Waals surface area contributed by atoms with E-state index in [9.17, 15) is 56.2 Å². The standard InChI is InChI=1S/C17H34N2O11.2ClH/c20-4-7(19-9-2-17(30,6-22)15(28)13(26)11(9)24)3-18-8-1-16(29,5-21)14(27)12(25)10(8)23;;/h7-15,18-30H,1-6H2;2*1H/t7-,8?,9?,10?,11?,12?,13?,14?,15?,16?,17?;;/m0../s1. The maximum Gasteiger partial charge on any atom is 0.118 e. The lowest BCUT2D eigenvalue weighted by Gasteiger charge is -2.47. The molecule has 0 bridgehead atoms. The zero-order valence-electron chi connectivity index (χ0n) is 17.2. The van der Waals surface area contributed by atoms with Crippen molar-refractivity contribution in [3.63, 3.8) is 0 Å². The molecule has 0 aromatic heterocycles. The number of halogens is 2. The van der Waals surface area contributed by atoms with Crippen molar-refractivity contribution in [3.05, 3.63) is 0 Å². The van der Waals surface area contributed by atoms with E-state index in [2.05, 4.69) is 10.6 Å². The molecule has 0 heterocycles. The monoisotopic (exact) mass is 514 g/mol. The van der Waals surface area contributed by atoms with Gasteiger partial charge in [0, 0.05) is 24.7 Å². The second-order valence-corrected chi connectivity index (χ2v) is 8.45. The van der Waals surface area contributed by atoms with Gasteiger partial charge in [-0.2, -0.15) is 0 Å². The van der Waals surface area contributed by atoms with Gasteiger partial charge < -0.3 is 66.8 Å². The van der Waals surface area contributed by atoms with Crippen LogP contribution in [-0.4, -0.2) is 148 Å². The van der Waals surface area contributed by atoms with E-state index in [1.165, 1.54) is 0 Å². The Kier molecular flexibility index (Phi) is 12.7. The van der Waals surface area contributed by atoms with E-state index in [0.29, 0.717) is 0 Å². The lowest BCUT2D eigenvalue weighted by Crippen LogP contribution is -2.69. The molecule has 15 heteroatoms. The SMILES string of the molecule is Cl.Cl.OC[C@H](CNC1CC(O)(CO)C(O)C(O)C1O)NC1CC(O)(CO)C(O)C(O)C1O. The van der Waals surface area contributed by atoms with Gasteiger partial charge >= 0.3 is 0 Å². The first-order valence-electron chi connectivity index (χ1n) is 9.79. The maximum absolute atomic E-state index is 10.3. The Morgan fingerprint density at radius 2 is 1.09 bits per heavy atom. The number of hydrogen-bond acceptors (Lipinski definition) is 13. The fourth-order valence-electron chi connectivity index (χ4n) is 4.17. The van der Waals surface area contributed by atoms with Crippen LogP contribution in [0.3, 0.4) is 0 Å². The van der Waals surface area contributed by atoms with Gasteiger partial charge in [0.05, 0.1) is 32.0 Å². The topological polar surface area (TPSA) is 247 Å². The molecule has 0 radical (unpaired) electrons. The highest BCUT2D eigenvalue weighted by atomic mass is 35.5. The molecule has 2 saturated carbocycles. The van der Waals surface area contributed by atoms with Crippen molar-refractivity contribution in [1.82, 2.24) is 10.6 Å². The maximum atomic E-state index is 10.3. The summed E-state index contributed by atoms with van der Waals surface area (Å²) in [5.41, 5.74) is -4.11. The molecule has 0 aromatic rings. The molecule has 0 spiro atoms. The summed E-state index contributed by atoms with van der Waals surface area (Å²) in [5.74, 6) is 0. The van der Waals surface area contributed by atoms with E-state index in [4.69, 9.17) is 0 Å². The van der Waals surface area contributed by atoms with Gasteiger partial charge in [-0.1, -0.05) is 0 Å². The molecular formula is C17H36Cl2N2O11. The first kappa shape index (κ1) is 32.1. The predicted octanol–water partition coefficient (Wildman–Crippen LogP) is -6.47. The molecule has 0 aromatic carbocycles. The summed E-state index contributed by atoms with van der Waals surface area (Å²) < 4.78 is 0. The van der Waals surface area contributed by atoms with E-state index in [0.717, 1.165) is 0 Å². The largest absolute Gasteiger partial charge is 0.395 e. The third-order valence-corrected chi connectivity index (χ3v) is 6.26. The lowest BCUT2D eigenvalue weighted by molar-refractivity contribution is -0.208. The van der Waals surface area contributed by atoms with Crippen molar-refractivity contribution in [2.75, 3.05) is 26.4 Å². The van der Waals surface area contributed by atoms with E-state index >= 15 is 0 Å². The van der Waals surface area contributed by atoms with Gasteiger partial charge in [-0.05, 0) is 12.8 Å². The smallest absolute Gasteiger partial charge is 0.118 e. The molecule has 0 aliphatic heterocycles. The van der Waals surface area contributed by atoms with E-state index in [1.807, 2.05) is 0 Å². The Bertz CT molecular complexity index is 571. The quantitative estimate of drug-likeness (QED) is 0.144. The van der Waals surface area contributed by atoms with Gasteiger partial charge in [0.15, 0.2) is 0 Å². The highest BCUT2D eigenvalue weighted by Crippen LogP contribution is 2.31. The zero-order valence-corrected chi connectivity index (χ0v) is 18.8. The molecule has 11 atom stereocenters. The van der Waals surface area contributed by atoms with E-state index in [-0.39, 0.29) is 44.2 Å². The van der Waals surface area contributed by atoms with Crippen molar-refractivity contribution in [1.29, 1.82) is 0 Å². The lowest BCUT2D eigenvalue weighted by atomic mass is 9.76. The summed E-state index contributed by atoms with van der Waals surface area (Å²) in [6.45, 7) is -2.30. The second-order valence-electron chi connectivity index (χ2n) is 8.45. The summed E-state index contributed by atoms with van der Waals surface area (Å²) in [7, 11) is 0. The molecule has 2 aliphatic rings. The summed E-state index contributed by atoms with van der Waals surface area (Å²) in [4.78, 5) is 0. The first-order chi connectivity index (χ1) is 13.9. The number of aliphatic hydroxyl groups is 11. The Morgan fingerprint density at radius 3 is 1.50 bits per heavy atom. The van der Waals surface area contributed by atoms with Crippen LogP contribution < -0.4 is 10.6 Å². The van der Waals surface area contributed by atoms with Crippen LogP contribution in [0.5, 0.6) is 0 Å². The summed E-state index contributed by atoms with van der Waals surface area (Å²) in [6, 6.07) is -2.79. The third-order valence-electron chi connectivity index (χ3n) is 6.26. The van der Waals surface area contributed by atoms with Crippen molar-refractivity contribution in [2.24, 2.45) is 0 Å². The average Bonchev–Trinajstić information content (AvgIpc) is 2.74. The number of aliphatic hydroxyl groups excluding tert-OH is 9. The highest BCUT2D eigenvalue weighted by molar-refractivity contribution is 5.85. The summed E-state index contributed by atoms with van der Waals surface area (Å²) >= 11 is 0. The average molecular weight is 515 g/mol. The van der Waals surface area contributed by atoms with E-state index in [1.54, 1.807) is 0 Å². The minimum atomic E-state index is -2.07. The Labute approximate surface area is 197 Å². The van der Waals surface area contributed by atoms with Crippen LogP contribution in [0.4, 0.5) is 0 Å². The van der Waals surface area contributed by atoms with Gasteiger partial charge in [0.2, 0.25) is 0 Å². The molecule has 13 nitrogen and oxygen atoms in total. The van der Waals surface area contributed by atoms with Crippen LogP contribution in [0.1, 0.15) is 12.8 Å². The van der Waals surface area contributed by atoms with Gasteiger partial charge in [0.1, 0.15) is 35.6 Å². The highest BCUT2D eigenvalue weighted by Gasteiger charge is 2.52. The molecule has 0 amide bonds. The van der Waals surface area contributed by atoms with Crippen molar-refractivity contribution < 1.29 is 56.2 Å². The third kappa shape index (κ3) is 6.38. The Morgan fingerprint density at radius 1 is 0.688 bits per heavy atom. The normalized spacial score (nSPS) is 45.5. The molecule has 32 heavy (non-hydrogen) atoms. The van der Waals surface area contributed by atoms with Gasteiger partial charge in [-0.15, -0.1) is 24.8 Å². The number of rotatable bonds is 8. The minimum Gasteiger partial charge on any atom is -0.395 e. The van der Waals surface area contributed by atoms with Crippen molar-refractivity contribution in [2.45, 2.75) is 78.8 Å². The molecule has 0 saturated heterocycles. The molecular weight excluding hydrogens is 479 g/mol. The molecule has 2 aliphatic carbocycles. The molecule has 13 N–H and O–H groups in total. The second kappa shape index (κ2) is 12.7. The first-order valence-corrected chi connectivity index (χ1v) is 9.79. The summed E-state index contributed by atoms with van der Waals surface area (Å²) in [6.07, 6.45) is -10.7. The van der Waals surface area contributed by atoms with Crippen LogP contribution in [0.25, 0.3) is 0 Å². The molecule has 194 valence electrons. The van der Waals surface area contributed by atoms with Gasteiger partial charge in [0.25, 0.3) is 0 Å². The molecule has 10 unspecified atom stereocenters. The van der Waals surface area contributed by atoms with E-state index < -0.39 is 85.8 Å². The molecule has 2 rings (SSSR count). The molecule has 2 fully saturated rings. The number of hydrogen-bond donors (Lipinski definition) is 13. The minimum absolute atomic E-state index is 0. The van der Waals surface area contributed by atoms with Crippen LogP contribution in [0, 0.1) is 0 Å². The number of nitrogens with one attached hydrogen (secondary N) is 2. The fourth-order valence-corrected chi connectivity index (χ4v) is 4.17. The Balaban J connectivity index is 0.00000480. The van der Waals surface area contributed by atoms with Crippen LogP contribution in [0.15, 0.2) is 0 Å². The van der Waals surface area contributed by atoms with Crippen LogP contribution >= 0.6 is 24.8 Å². The van der Waals surface area contributed by atoms with Crippen LogP contribution in [0.2, 0.25) is 0 Å². The predicted molar refractivity (Wildman–Crippen MR) is 113 cm³/mol. The van der Waals surface area contributed by atoms with Gasteiger partial charge in [-0.3, -0.25) is 0 Å². The zero-order chi connectivity index (χ0) is 22.9. The van der Waals surface area contributed by atoms with Crippen molar-refractivity contribution in [3.8, 4) is 0 Å².